The first-order valence-electron chi connectivity index (χ1n) is 9.31. The molecule has 1 fully saturated rings. The van der Waals surface area contributed by atoms with Gasteiger partial charge in [-0.1, -0.05) is 0 Å². The van der Waals surface area contributed by atoms with Crippen molar-refractivity contribution < 1.29 is 29.1 Å². The van der Waals surface area contributed by atoms with Gasteiger partial charge in [0, 0.05) is 24.9 Å². The Labute approximate surface area is 171 Å². The minimum Gasteiger partial charge on any atom is -0.480 e. The molecule has 0 aliphatic carbocycles. The fourth-order valence-corrected chi connectivity index (χ4v) is 3.24. The molecule has 4 amide bonds. The number of H-pyrrole nitrogens is 1. The smallest absolute Gasteiger partial charge is 0.326 e. The van der Waals surface area contributed by atoms with E-state index in [9.17, 15) is 29.1 Å². The van der Waals surface area contributed by atoms with E-state index in [1.54, 1.807) is 0 Å². The number of primary amides is 1. The Hall–Kier alpha value is -3.48. The van der Waals surface area contributed by atoms with Gasteiger partial charge in [-0.2, -0.15) is 0 Å². The Morgan fingerprint density at radius 2 is 2.00 bits per heavy atom. The van der Waals surface area contributed by atoms with Gasteiger partial charge in [0.05, 0.1) is 19.3 Å². The summed E-state index contributed by atoms with van der Waals surface area (Å²) in [6, 6.07) is -3.47. The monoisotopic (exact) mass is 423 g/mol. The second-order valence-electron chi connectivity index (χ2n) is 6.86. The van der Waals surface area contributed by atoms with Crippen molar-refractivity contribution in [1.29, 1.82) is 0 Å². The number of carboxylic acids is 1. The van der Waals surface area contributed by atoms with Crippen molar-refractivity contribution in [2.24, 2.45) is 11.5 Å². The molecule has 8 N–H and O–H groups in total. The third kappa shape index (κ3) is 6.01. The van der Waals surface area contributed by atoms with Crippen molar-refractivity contribution in [3.8, 4) is 0 Å². The summed E-state index contributed by atoms with van der Waals surface area (Å²) >= 11 is 0. The van der Waals surface area contributed by atoms with Gasteiger partial charge in [-0.3, -0.25) is 19.2 Å². The van der Waals surface area contributed by atoms with Crippen LogP contribution in [0.5, 0.6) is 0 Å². The van der Waals surface area contributed by atoms with Crippen molar-refractivity contribution >= 4 is 29.6 Å². The van der Waals surface area contributed by atoms with E-state index in [0.717, 1.165) is 0 Å². The number of hydrogen-bond donors (Lipinski definition) is 6. The maximum absolute atomic E-state index is 13.1. The maximum atomic E-state index is 13.1. The molecule has 0 radical (unpaired) electrons. The molecule has 2 heterocycles. The van der Waals surface area contributed by atoms with Gasteiger partial charge in [-0.15, -0.1) is 0 Å². The van der Waals surface area contributed by atoms with E-state index in [1.807, 2.05) is 0 Å². The summed E-state index contributed by atoms with van der Waals surface area (Å²) in [6.07, 6.45) is 3.19. The van der Waals surface area contributed by atoms with Crippen LogP contribution < -0.4 is 22.1 Å². The molecular formula is C17H25N7O6. The third-order valence-corrected chi connectivity index (χ3v) is 4.66. The molecule has 13 heteroatoms. The maximum Gasteiger partial charge on any atom is 0.326 e. The van der Waals surface area contributed by atoms with E-state index in [2.05, 4.69) is 20.6 Å². The topological polar surface area (TPSA) is 214 Å². The molecule has 13 nitrogen and oxygen atoms in total. The number of carbonyl (C=O) groups is 5. The average molecular weight is 423 g/mol. The number of rotatable bonds is 10. The molecule has 30 heavy (non-hydrogen) atoms. The van der Waals surface area contributed by atoms with Gasteiger partial charge in [-0.05, 0) is 12.8 Å². The van der Waals surface area contributed by atoms with Crippen LogP contribution in [0.2, 0.25) is 0 Å². The highest BCUT2D eigenvalue weighted by molar-refractivity contribution is 5.95. The summed E-state index contributed by atoms with van der Waals surface area (Å²) in [7, 11) is 0. The Kier molecular flexibility index (Phi) is 7.86. The SMILES string of the molecule is NCC(=O)NC(CC(N)=O)C(=O)NC(Cc1cnc[nH]1)C(=O)N1CCCC1C(=O)O. The number of nitrogens with one attached hydrogen (secondary N) is 3. The van der Waals surface area contributed by atoms with Gasteiger partial charge in [0.25, 0.3) is 0 Å². The van der Waals surface area contributed by atoms with E-state index < -0.39 is 60.7 Å². The number of carbonyl (C=O) groups excluding carboxylic acids is 4. The molecule has 1 aromatic rings. The highest BCUT2D eigenvalue weighted by Crippen LogP contribution is 2.19. The largest absolute Gasteiger partial charge is 0.480 e. The van der Waals surface area contributed by atoms with Crippen LogP contribution in [0.15, 0.2) is 12.5 Å². The van der Waals surface area contributed by atoms with E-state index in [4.69, 9.17) is 11.5 Å². The number of nitrogens with zero attached hydrogens (tertiary/aromatic N) is 2. The van der Waals surface area contributed by atoms with Crippen LogP contribution in [-0.4, -0.2) is 80.8 Å². The first-order chi connectivity index (χ1) is 14.2. The molecule has 1 saturated heterocycles. The second-order valence-corrected chi connectivity index (χ2v) is 6.86. The lowest BCUT2D eigenvalue weighted by molar-refractivity contribution is -0.149. The highest BCUT2D eigenvalue weighted by Gasteiger charge is 2.38. The van der Waals surface area contributed by atoms with Crippen LogP contribution in [0.1, 0.15) is 25.0 Å². The number of aromatic nitrogens is 2. The number of carboxylic acid groups (broad SMARTS) is 1. The number of nitrogens with two attached hydrogens (primary N) is 2. The summed E-state index contributed by atoms with van der Waals surface area (Å²) in [5, 5.41) is 14.1. The van der Waals surface area contributed by atoms with Crippen LogP contribution in [0.3, 0.4) is 0 Å². The molecule has 0 saturated carbocycles. The Morgan fingerprint density at radius 1 is 1.27 bits per heavy atom. The molecule has 0 aromatic carbocycles. The normalized spacial score (nSPS) is 17.8. The van der Waals surface area contributed by atoms with Crippen molar-refractivity contribution in [3.63, 3.8) is 0 Å². The summed E-state index contributed by atoms with van der Waals surface area (Å²) in [5.41, 5.74) is 10.9. The van der Waals surface area contributed by atoms with Gasteiger partial charge in [-0.25, -0.2) is 9.78 Å². The quantitative estimate of drug-likeness (QED) is 0.225. The Morgan fingerprint density at radius 3 is 2.57 bits per heavy atom. The van der Waals surface area contributed by atoms with Gasteiger partial charge in [0.15, 0.2) is 0 Å². The fraction of sp³-hybridized carbons (Fsp3) is 0.529. The van der Waals surface area contributed by atoms with E-state index in [-0.39, 0.29) is 13.0 Å². The van der Waals surface area contributed by atoms with Gasteiger partial charge in [0.2, 0.25) is 23.6 Å². The first-order valence-corrected chi connectivity index (χ1v) is 9.31. The molecule has 0 spiro atoms. The predicted octanol–water partition coefficient (Wildman–Crippen LogP) is -3.17. The second kappa shape index (κ2) is 10.3. The standard InChI is InChI=1S/C17H25N7O6/c18-6-14(26)22-10(5-13(19)25)15(27)23-11(4-9-7-20-8-21-9)16(28)24-3-1-2-12(24)17(29)30/h7-8,10-12H,1-6,18H2,(H2,19,25)(H,20,21)(H,22,26)(H,23,27)(H,29,30). The average Bonchev–Trinajstić information content (AvgIpc) is 3.37. The molecule has 1 aliphatic rings. The number of likely N-dealkylation sites (tertiary alicyclic amines) is 1. The lowest BCUT2D eigenvalue weighted by Gasteiger charge is -2.28. The minimum absolute atomic E-state index is 0.00153. The van der Waals surface area contributed by atoms with Crippen LogP contribution in [0.25, 0.3) is 0 Å². The van der Waals surface area contributed by atoms with Crippen LogP contribution in [-0.2, 0) is 30.4 Å². The summed E-state index contributed by atoms with van der Waals surface area (Å²) in [6.45, 7) is -0.174. The fourth-order valence-electron chi connectivity index (χ4n) is 3.24. The number of hydrogen-bond acceptors (Lipinski definition) is 7. The Balaban J connectivity index is 2.21. The van der Waals surface area contributed by atoms with E-state index in [0.29, 0.717) is 18.5 Å². The molecule has 0 bridgehead atoms. The lowest BCUT2D eigenvalue weighted by Crippen LogP contribution is -2.57. The van der Waals surface area contributed by atoms with Crippen molar-refractivity contribution in [2.45, 2.75) is 43.8 Å². The van der Waals surface area contributed by atoms with Crippen molar-refractivity contribution in [3.05, 3.63) is 18.2 Å². The van der Waals surface area contributed by atoms with Crippen LogP contribution >= 0.6 is 0 Å². The third-order valence-electron chi connectivity index (χ3n) is 4.66. The number of aromatic amines is 1. The number of imidazole rings is 1. The van der Waals surface area contributed by atoms with Gasteiger partial charge < -0.3 is 37.1 Å². The molecule has 164 valence electrons. The van der Waals surface area contributed by atoms with Crippen molar-refractivity contribution in [1.82, 2.24) is 25.5 Å². The van der Waals surface area contributed by atoms with E-state index in [1.165, 1.54) is 17.4 Å². The van der Waals surface area contributed by atoms with Crippen LogP contribution in [0.4, 0.5) is 0 Å². The number of aliphatic carboxylic acids is 1. The first kappa shape index (κ1) is 22.8. The number of amides is 4. The molecule has 2 rings (SSSR count). The molecule has 3 unspecified atom stereocenters. The van der Waals surface area contributed by atoms with Crippen LogP contribution in [0, 0.1) is 0 Å². The Bertz CT molecular complexity index is 797. The zero-order chi connectivity index (χ0) is 22.3. The minimum atomic E-state index is -1.33. The molecular weight excluding hydrogens is 398 g/mol. The van der Waals surface area contributed by atoms with Gasteiger partial charge >= 0.3 is 5.97 Å². The zero-order valence-electron chi connectivity index (χ0n) is 16.2. The molecule has 3 atom stereocenters. The zero-order valence-corrected chi connectivity index (χ0v) is 16.2. The lowest BCUT2D eigenvalue weighted by atomic mass is 10.1. The summed E-state index contributed by atoms with van der Waals surface area (Å²) < 4.78 is 0. The van der Waals surface area contributed by atoms with Gasteiger partial charge in [0.1, 0.15) is 18.1 Å². The summed E-state index contributed by atoms with van der Waals surface area (Å²) in [5.74, 6) is -4.06. The summed E-state index contributed by atoms with van der Waals surface area (Å²) in [4.78, 5) is 68.0. The van der Waals surface area contributed by atoms with E-state index >= 15 is 0 Å². The van der Waals surface area contributed by atoms with Crippen molar-refractivity contribution in [2.75, 3.05) is 13.1 Å². The highest BCUT2D eigenvalue weighted by atomic mass is 16.4. The predicted molar refractivity (Wildman–Crippen MR) is 101 cm³/mol. The molecule has 1 aliphatic heterocycles. The molecule has 1 aromatic heterocycles.